The fraction of sp³-hybridized carbons (Fsp3) is 0.462. The number of thiophene rings is 1. The topological polar surface area (TPSA) is 29.1 Å². The number of amides is 1. The number of hydrogen-bond donors (Lipinski definition) is 1. The van der Waals surface area contributed by atoms with Crippen LogP contribution in [-0.2, 0) is 4.79 Å². The van der Waals surface area contributed by atoms with Gasteiger partial charge in [-0.3, -0.25) is 4.79 Å². The van der Waals surface area contributed by atoms with Crippen molar-refractivity contribution in [2.75, 3.05) is 0 Å². The van der Waals surface area contributed by atoms with Gasteiger partial charge in [-0.25, -0.2) is 0 Å². The molecular formula is C13H17NOS. The van der Waals surface area contributed by atoms with E-state index < -0.39 is 0 Å². The summed E-state index contributed by atoms with van der Waals surface area (Å²) in [5.74, 6) is 0.0836. The fourth-order valence-corrected chi connectivity index (χ4v) is 2.74. The van der Waals surface area contributed by atoms with Crippen LogP contribution >= 0.6 is 11.3 Å². The van der Waals surface area contributed by atoms with E-state index >= 15 is 0 Å². The molecule has 2 rings (SSSR count). The third kappa shape index (κ3) is 2.95. The lowest BCUT2D eigenvalue weighted by Gasteiger charge is -2.11. The molecule has 0 bridgehead atoms. The summed E-state index contributed by atoms with van der Waals surface area (Å²) in [4.78, 5) is 13.0. The average Bonchev–Trinajstić information content (AvgIpc) is 2.90. The Morgan fingerprint density at radius 2 is 2.25 bits per heavy atom. The van der Waals surface area contributed by atoms with Crippen molar-refractivity contribution in [2.45, 2.75) is 38.6 Å². The summed E-state index contributed by atoms with van der Waals surface area (Å²) in [7, 11) is 0. The number of nitrogens with one attached hydrogen (secondary N) is 1. The van der Waals surface area contributed by atoms with E-state index in [0.29, 0.717) is 6.04 Å². The van der Waals surface area contributed by atoms with Gasteiger partial charge in [-0.2, -0.15) is 0 Å². The molecule has 0 atom stereocenters. The number of hydrogen-bond acceptors (Lipinski definition) is 2. The van der Waals surface area contributed by atoms with E-state index in [9.17, 15) is 4.79 Å². The summed E-state index contributed by atoms with van der Waals surface area (Å²) in [5.41, 5.74) is 0.800. The number of carbonyl (C=O) groups excluding carboxylic acids is 1. The monoisotopic (exact) mass is 235 g/mol. The summed E-state index contributed by atoms with van der Waals surface area (Å²) in [6.45, 7) is 1.88. The maximum atomic E-state index is 11.9. The Balaban J connectivity index is 1.93. The Labute approximate surface area is 100 Å². The maximum Gasteiger partial charge on any atom is 0.247 e. The second kappa shape index (κ2) is 5.30. The highest BCUT2D eigenvalue weighted by molar-refractivity contribution is 7.10. The Morgan fingerprint density at radius 3 is 2.88 bits per heavy atom. The Bertz CT molecular complexity index is 375. The van der Waals surface area contributed by atoms with Crippen molar-refractivity contribution in [2.24, 2.45) is 0 Å². The predicted octanol–water partition coefficient (Wildman–Crippen LogP) is 3.21. The van der Waals surface area contributed by atoms with Crippen molar-refractivity contribution in [1.82, 2.24) is 5.32 Å². The van der Waals surface area contributed by atoms with Gasteiger partial charge in [0, 0.05) is 16.5 Å². The van der Waals surface area contributed by atoms with Crippen LogP contribution in [0.1, 0.15) is 37.5 Å². The number of rotatable bonds is 3. The molecule has 1 aromatic rings. The van der Waals surface area contributed by atoms with Gasteiger partial charge in [-0.05, 0) is 37.3 Å². The summed E-state index contributed by atoms with van der Waals surface area (Å²) in [6, 6.07) is 4.43. The van der Waals surface area contributed by atoms with Crippen LogP contribution in [0.2, 0.25) is 0 Å². The standard InChI is InChI=1S/C13H17NOS/c1-10(9-12-7-4-8-16-12)13(15)14-11-5-2-3-6-11/h4,7-9,11H,2-3,5-6H2,1H3,(H,14,15)/b10-9+. The van der Waals surface area contributed by atoms with Gasteiger partial charge >= 0.3 is 0 Å². The van der Waals surface area contributed by atoms with Gasteiger partial charge in [0.05, 0.1) is 0 Å². The van der Waals surface area contributed by atoms with Crippen molar-refractivity contribution in [3.8, 4) is 0 Å². The molecule has 1 aliphatic carbocycles. The van der Waals surface area contributed by atoms with Gasteiger partial charge < -0.3 is 5.32 Å². The Morgan fingerprint density at radius 1 is 1.50 bits per heavy atom. The minimum Gasteiger partial charge on any atom is -0.350 e. The van der Waals surface area contributed by atoms with Crippen molar-refractivity contribution in [3.63, 3.8) is 0 Å². The molecule has 1 aliphatic rings. The SMILES string of the molecule is C/C(=C\c1cccs1)C(=O)NC1CCCC1. The maximum absolute atomic E-state index is 11.9. The Kier molecular flexibility index (Phi) is 3.78. The van der Waals surface area contributed by atoms with Gasteiger partial charge in [0.1, 0.15) is 0 Å². The lowest BCUT2D eigenvalue weighted by molar-refractivity contribution is -0.118. The van der Waals surface area contributed by atoms with Gasteiger partial charge in [0.15, 0.2) is 0 Å². The zero-order chi connectivity index (χ0) is 11.4. The van der Waals surface area contributed by atoms with Gasteiger partial charge in [0.2, 0.25) is 5.91 Å². The van der Waals surface area contributed by atoms with E-state index in [1.54, 1.807) is 11.3 Å². The molecule has 16 heavy (non-hydrogen) atoms. The predicted molar refractivity (Wildman–Crippen MR) is 68.4 cm³/mol. The molecule has 1 amide bonds. The second-order valence-corrected chi connectivity index (χ2v) is 5.28. The summed E-state index contributed by atoms with van der Waals surface area (Å²) >= 11 is 1.66. The first-order chi connectivity index (χ1) is 7.75. The molecule has 1 aromatic heterocycles. The molecule has 0 saturated heterocycles. The second-order valence-electron chi connectivity index (χ2n) is 4.30. The highest BCUT2D eigenvalue weighted by Gasteiger charge is 2.17. The van der Waals surface area contributed by atoms with Crippen molar-refractivity contribution >= 4 is 23.3 Å². The lowest BCUT2D eigenvalue weighted by Crippen LogP contribution is -2.32. The molecule has 1 N–H and O–H groups in total. The van der Waals surface area contributed by atoms with E-state index in [4.69, 9.17) is 0 Å². The number of carbonyl (C=O) groups is 1. The van der Waals surface area contributed by atoms with Crippen LogP contribution in [0.4, 0.5) is 0 Å². The van der Waals surface area contributed by atoms with Crippen LogP contribution in [0, 0.1) is 0 Å². The molecule has 0 aliphatic heterocycles. The quantitative estimate of drug-likeness (QED) is 0.801. The van der Waals surface area contributed by atoms with E-state index in [0.717, 1.165) is 23.3 Å². The molecule has 1 heterocycles. The first-order valence-corrected chi connectivity index (χ1v) is 6.66. The molecule has 1 fully saturated rings. The smallest absolute Gasteiger partial charge is 0.247 e. The van der Waals surface area contributed by atoms with Gasteiger partial charge in [0.25, 0.3) is 0 Å². The van der Waals surface area contributed by atoms with Crippen molar-refractivity contribution in [3.05, 3.63) is 28.0 Å². The van der Waals surface area contributed by atoms with Crippen LogP contribution in [0.3, 0.4) is 0 Å². The van der Waals surface area contributed by atoms with Crippen LogP contribution in [0.25, 0.3) is 6.08 Å². The van der Waals surface area contributed by atoms with E-state index in [1.807, 2.05) is 30.5 Å². The van der Waals surface area contributed by atoms with Crippen molar-refractivity contribution < 1.29 is 4.79 Å². The molecule has 0 unspecified atom stereocenters. The third-order valence-corrected chi connectivity index (χ3v) is 3.77. The molecule has 0 aromatic carbocycles. The summed E-state index contributed by atoms with van der Waals surface area (Å²) < 4.78 is 0. The highest BCUT2D eigenvalue weighted by Crippen LogP contribution is 2.18. The van der Waals surface area contributed by atoms with Crippen LogP contribution < -0.4 is 5.32 Å². The largest absolute Gasteiger partial charge is 0.350 e. The average molecular weight is 235 g/mol. The lowest BCUT2D eigenvalue weighted by atomic mass is 10.2. The molecule has 1 saturated carbocycles. The molecule has 2 nitrogen and oxygen atoms in total. The fourth-order valence-electron chi connectivity index (χ4n) is 2.02. The van der Waals surface area contributed by atoms with Crippen LogP contribution in [0.5, 0.6) is 0 Å². The third-order valence-electron chi connectivity index (χ3n) is 2.95. The molecule has 86 valence electrons. The van der Waals surface area contributed by atoms with E-state index in [1.165, 1.54) is 12.8 Å². The molecule has 0 radical (unpaired) electrons. The molecular weight excluding hydrogens is 218 g/mol. The van der Waals surface area contributed by atoms with Crippen LogP contribution in [-0.4, -0.2) is 11.9 Å². The van der Waals surface area contributed by atoms with Gasteiger partial charge in [-0.1, -0.05) is 18.9 Å². The first-order valence-electron chi connectivity index (χ1n) is 5.78. The highest BCUT2D eigenvalue weighted by atomic mass is 32.1. The molecule has 3 heteroatoms. The minimum absolute atomic E-state index is 0.0836. The van der Waals surface area contributed by atoms with Crippen LogP contribution in [0.15, 0.2) is 23.1 Å². The summed E-state index contributed by atoms with van der Waals surface area (Å²) in [6.07, 6.45) is 6.72. The minimum atomic E-state index is 0.0836. The zero-order valence-electron chi connectivity index (χ0n) is 9.53. The normalized spacial score (nSPS) is 17.7. The summed E-state index contributed by atoms with van der Waals surface area (Å²) in [5, 5.41) is 5.11. The molecule has 0 spiro atoms. The van der Waals surface area contributed by atoms with E-state index in [2.05, 4.69) is 5.32 Å². The van der Waals surface area contributed by atoms with E-state index in [-0.39, 0.29) is 5.91 Å². The Hall–Kier alpha value is -1.09. The van der Waals surface area contributed by atoms with Gasteiger partial charge in [-0.15, -0.1) is 11.3 Å². The first kappa shape index (κ1) is 11.4. The zero-order valence-corrected chi connectivity index (χ0v) is 10.3. The van der Waals surface area contributed by atoms with Crippen molar-refractivity contribution in [1.29, 1.82) is 0 Å².